The van der Waals surface area contributed by atoms with Gasteiger partial charge in [0.1, 0.15) is 0 Å². The number of methoxy groups -OCH3 is 1. The van der Waals surface area contributed by atoms with Crippen molar-refractivity contribution in [3.05, 3.63) is 27.8 Å². The number of rotatable bonds is 3. The highest BCUT2D eigenvalue weighted by atomic mass is 16.6. The van der Waals surface area contributed by atoms with Crippen LogP contribution >= 0.6 is 0 Å². The van der Waals surface area contributed by atoms with Gasteiger partial charge in [0.05, 0.1) is 12.0 Å². The van der Waals surface area contributed by atoms with E-state index in [1.807, 2.05) is 13.0 Å². The Bertz CT molecular complexity index is 562. The van der Waals surface area contributed by atoms with Gasteiger partial charge in [-0.25, -0.2) is 0 Å². The predicted octanol–water partition coefficient (Wildman–Crippen LogP) is 1.91. The highest BCUT2D eigenvalue weighted by molar-refractivity contribution is 5.64. The molecule has 6 heteroatoms. The quantitative estimate of drug-likeness (QED) is 0.629. The molecule has 6 nitrogen and oxygen atoms in total. The fourth-order valence-corrected chi connectivity index (χ4v) is 3.73. The minimum atomic E-state index is -0.386. The number of anilines is 1. The number of nitro groups is 1. The number of hydrogen-bond acceptors (Lipinski definition) is 5. The van der Waals surface area contributed by atoms with Crippen LogP contribution in [-0.4, -0.2) is 50.2 Å². The van der Waals surface area contributed by atoms with Gasteiger partial charge < -0.3 is 14.5 Å². The van der Waals surface area contributed by atoms with Crippen LogP contribution in [0.25, 0.3) is 0 Å². The average Bonchev–Trinajstić information content (AvgIpc) is 2.95. The molecule has 0 aromatic heterocycles. The van der Waals surface area contributed by atoms with Crippen molar-refractivity contribution in [1.29, 1.82) is 0 Å². The summed E-state index contributed by atoms with van der Waals surface area (Å²) in [6.45, 7) is 6.27. The molecule has 0 unspecified atom stereocenters. The van der Waals surface area contributed by atoms with Crippen molar-refractivity contribution < 1.29 is 9.66 Å². The third-order valence-electron chi connectivity index (χ3n) is 4.70. The lowest BCUT2D eigenvalue weighted by Crippen LogP contribution is -2.27. The second-order valence-electron chi connectivity index (χ2n) is 6.21. The molecule has 0 amide bonds. The molecule has 0 bridgehead atoms. The third kappa shape index (κ3) is 2.44. The zero-order chi connectivity index (χ0) is 15.1. The SMILES string of the molecule is COc1cc(N2C[C@H]3CN(C)C[C@H]3C2)c(C)cc1[N+](=O)[O-]. The molecule has 0 saturated carbocycles. The van der Waals surface area contributed by atoms with Crippen molar-refractivity contribution in [2.75, 3.05) is 45.2 Å². The molecule has 1 aromatic carbocycles. The number of aryl methyl sites for hydroxylation is 1. The lowest BCUT2D eigenvalue weighted by atomic mass is 10.0. The summed E-state index contributed by atoms with van der Waals surface area (Å²) in [5, 5.41) is 11.1. The summed E-state index contributed by atoms with van der Waals surface area (Å²) in [6.07, 6.45) is 0. The number of hydrogen-bond donors (Lipinski definition) is 0. The summed E-state index contributed by atoms with van der Waals surface area (Å²) in [4.78, 5) is 15.4. The maximum Gasteiger partial charge on any atom is 0.311 e. The van der Waals surface area contributed by atoms with E-state index in [1.165, 1.54) is 7.11 Å². The van der Waals surface area contributed by atoms with E-state index in [2.05, 4.69) is 16.8 Å². The Morgan fingerprint density at radius 1 is 1.24 bits per heavy atom. The van der Waals surface area contributed by atoms with E-state index in [9.17, 15) is 10.1 Å². The number of benzene rings is 1. The molecule has 0 N–H and O–H groups in total. The van der Waals surface area contributed by atoms with Gasteiger partial charge in [-0.2, -0.15) is 0 Å². The first-order chi connectivity index (χ1) is 9.99. The van der Waals surface area contributed by atoms with Gasteiger partial charge in [-0.05, 0) is 31.4 Å². The van der Waals surface area contributed by atoms with E-state index in [-0.39, 0.29) is 10.6 Å². The zero-order valence-electron chi connectivity index (χ0n) is 12.7. The zero-order valence-corrected chi connectivity index (χ0v) is 12.7. The molecule has 2 aliphatic heterocycles. The molecule has 1 aromatic rings. The molecule has 2 saturated heterocycles. The Hall–Kier alpha value is -1.82. The van der Waals surface area contributed by atoms with E-state index in [0.717, 1.165) is 37.4 Å². The van der Waals surface area contributed by atoms with Crippen LogP contribution in [0.2, 0.25) is 0 Å². The molecule has 114 valence electrons. The number of ether oxygens (including phenoxy) is 1. The minimum absolute atomic E-state index is 0.0397. The number of fused-ring (bicyclic) bond motifs is 1. The van der Waals surface area contributed by atoms with Gasteiger partial charge in [-0.15, -0.1) is 0 Å². The Morgan fingerprint density at radius 2 is 1.86 bits per heavy atom. The highest BCUT2D eigenvalue weighted by Gasteiger charge is 2.39. The molecular formula is C15H21N3O3. The normalized spacial score (nSPS) is 25.2. The largest absolute Gasteiger partial charge is 0.490 e. The first-order valence-electron chi connectivity index (χ1n) is 7.26. The summed E-state index contributed by atoms with van der Waals surface area (Å²) in [7, 11) is 3.65. The summed E-state index contributed by atoms with van der Waals surface area (Å²) in [6, 6.07) is 3.44. The predicted molar refractivity (Wildman–Crippen MR) is 81.1 cm³/mol. The molecule has 3 rings (SSSR count). The van der Waals surface area contributed by atoms with Crippen molar-refractivity contribution in [2.45, 2.75) is 6.92 Å². The Labute approximate surface area is 124 Å². The Balaban J connectivity index is 1.88. The molecule has 2 fully saturated rings. The van der Waals surface area contributed by atoms with Gasteiger partial charge in [0.2, 0.25) is 0 Å². The maximum absolute atomic E-state index is 11.1. The van der Waals surface area contributed by atoms with Gasteiger partial charge in [0.15, 0.2) is 5.75 Å². The minimum Gasteiger partial charge on any atom is -0.490 e. The maximum atomic E-state index is 11.1. The van der Waals surface area contributed by atoms with Crippen LogP contribution in [0.1, 0.15) is 5.56 Å². The van der Waals surface area contributed by atoms with E-state index < -0.39 is 0 Å². The van der Waals surface area contributed by atoms with Gasteiger partial charge in [-0.3, -0.25) is 10.1 Å². The Kier molecular flexibility index (Phi) is 3.49. The van der Waals surface area contributed by atoms with E-state index in [4.69, 9.17) is 4.74 Å². The lowest BCUT2D eigenvalue weighted by molar-refractivity contribution is -0.385. The van der Waals surface area contributed by atoms with E-state index in [1.54, 1.807) is 6.07 Å². The van der Waals surface area contributed by atoms with Crippen molar-refractivity contribution in [2.24, 2.45) is 11.8 Å². The first kappa shape index (κ1) is 14.1. The average molecular weight is 291 g/mol. The highest BCUT2D eigenvalue weighted by Crippen LogP contribution is 2.39. The van der Waals surface area contributed by atoms with Crippen molar-refractivity contribution in [1.82, 2.24) is 4.90 Å². The summed E-state index contributed by atoms with van der Waals surface area (Å²) in [5.74, 6) is 1.75. The first-order valence-corrected chi connectivity index (χ1v) is 7.26. The van der Waals surface area contributed by atoms with Crippen LogP contribution in [0.15, 0.2) is 12.1 Å². The second-order valence-corrected chi connectivity index (χ2v) is 6.21. The topological polar surface area (TPSA) is 58.8 Å². The van der Waals surface area contributed by atoms with Crippen LogP contribution in [-0.2, 0) is 0 Å². The van der Waals surface area contributed by atoms with Crippen LogP contribution in [0.4, 0.5) is 11.4 Å². The standard InChI is InChI=1S/C15H21N3O3/c1-10-4-14(18(19)20)15(21-3)5-13(10)17-8-11-6-16(2)7-12(11)9-17/h4-5,11-12H,6-9H2,1-3H3/t11-,12+. The van der Waals surface area contributed by atoms with Gasteiger partial charge in [0.25, 0.3) is 0 Å². The number of nitro benzene ring substituents is 1. The van der Waals surface area contributed by atoms with E-state index in [0.29, 0.717) is 17.6 Å². The fourth-order valence-electron chi connectivity index (χ4n) is 3.73. The molecule has 2 atom stereocenters. The van der Waals surface area contributed by atoms with Crippen LogP contribution in [0.3, 0.4) is 0 Å². The molecule has 0 aliphatic carbocycles. The molecule has 2 aliphatic rings. The summed E-state index contributed by atoms with van der Waals surface area (Å²) >= 11 is 0. The van der Waals surface area contributed by atoms with Crippen LogP contribution in [0, 0.1) is 28.9 Å². The van der Waals surface area contributed by atoms with Crippen LogP contribution < -0.4 is 9.64 Å². The van der Waals surface area contributed by atoms with Crippen molar-refractivity contribution >= 4 is 11.4 Å². The van der Waals surface area contributed by atoms with Gasteiger partial charge in [0, 0.05) is 44.0 Å². The molecule has 2 heterocycles. The molecule has 0 radical (unpaired) electrons. The van der Waals surface area contributed by atoms with Gasteiger partial charge >= 0.3 is 5.69 Å². The van der Waals surface area contributed by atoms with Crippen molar-refractivity contribution in [3.63, 3.8) is 0 Å². The monoisotopic (exact) mass is 291 g/mol. The smallest absolute Gasteiger partial charge is 0.311 e. The summed E-state index contributed by atoms with van der Waals surface area (Å²) in [5.41, 5.74) is 2.04. The molecule has 21 heavy (non-hydrogen) atoms. The molecular weight excluding hydrogens is 270 g/mol. The van der Waals surface area contributed by atoms with Crippen LogP contribution in [0.5, 0.6) is 5.75 Å². The van der Waals surface area contributed by atoms with Crippen molar-refractivity contribution in [3.8, 4) is 5.75 Å². The van der Waals surface area contributed by atoms with Gasteiger partial charge in [-0.1, -0.05) is 0 Å². The third-order valence-corrected chi connectivity index (χ3v) is 4.70. The Morgan fingerprint density at radius 3 is 2.38 bits per heavy atom. The van der Waals surface area contributed by atoms with E-state index >= 15 is 0 Å². The lowest BCUT2D eigenvalue weighted by Gasteiger charge is -2.23. The number of nitrogens with zero attached hydrogens (tertiary/aromatic N) is 3. The second kappa shape index (κ2) is 5.18. The fraction of sp³-hybridized carbons (Fsp3) is 0.600. The summed E-state index contributed by atoms with van der Waals surface area (Å²) < 4.78 is 5.20. The number of likely N-dealkylation sites (tertiary alicyclic amines) is 1. The molecule has 0 spiro atoms.